The molecule has 0 aromatic rings. The molecule has 10 heteroatoms. The summed E-state index contributed by atoms with van der Waals surface area (Å²) in [6, 6.07) is 0. The quantitative estimate of drug-likeness (QED) is 0.195. The molecule has 0 aliphatic heterocycles. The second-order valence-corrected chi connectivity index (χ2v) is 1.58. The van der Waals surface area contributed by atoms with E-state index in [1.165, 1.54) is 0 Å². The van der Waals surface area contributed by atoms with Gasteiger partial charge < -0.3 is 8.06 Å². The molecule has 0 aliphatic carbocycles. The van der Waals surface area contributed by atoms with Crippen LogP contribution in [0.1, 0.15) is 2.85 Å². The average Bonchev–Trinajstić information content (AvgIpc) is 1.19. The van der Waals surface area contributed by atoms with Gasteiger partial charge in [-0.25, -0.2) is 0 Å². The van der Waals surface area contributed by atoms with Crippen molar-refractivity contribution in [1.29, 1.82) is 0 Å². The summed E-state index contributed by atoms with van der Waals surface area (Å²) < 4.78 is 31.6. The van der Waals surface area contributed by atoms with Gasteiger partial charge in [-0.05, 0) is 0 Å². The molecule has 0 aromatic carbocycles. The average molecular weight is 203 g/mol. The van der Waals surface area contributed by atoms with E-state index in [0.29, 0.717) is 0 Å². The number of nitrogens with zero attached hydrogens (tertiary/aromatic N) is 1. The largest absolute Gasteiger partial charge is 2.00 e. The Kier molecular flexibility index (Phi) is 12.4. The van der Waals surface area contributed by atoms with Gasteiger partial charge in [0, 0.05) is 0 Å². The van der Waals surface area contributed by atoms with E-state index >= 15 is 0 Å². The molecule has 0 atom stereocenters. The van der Waals surface area contributed by atoms with Crippen LogP contribution in [-0.2, 0) is 10.4 Å². The molecule has 0 aromatic heterocycles. The van der Waals surface area contributed by atoms with Gasteiger partial charge in [0.1, 0.15) is 0 Å². The molecule has 0 heterocycles. The van der Waals surface area contributed by atoms with Crippen LogP contribution >= 0.6 is 0 Å². The van der Waals surface area contributed by atoms with E-state index in [0.717, 1.165) is 0 Å². The molecule has 0 saturated heterocycles. The summed E-state index contributed by atoms with van der Waals surface area (Å²) in [5.74, 6) is 0. The molecule has 0 rings (SSSR count). The Balaban J connectivity index is -0.0000000221. The molecule has 0 spiro atoms. The van der Waals surface area contributed by atoms with Crippen molar-refractivity contribution in [3.8, 4) is 0 Å². The van der Waals surface area contributed by atoms with Crippen molar-refractivity contribution in [1.82, 2.24) is 0 Å². The molecule has 0 amide bonds. The minimum Gasteiger partial charge on any atom is -1.00 e. The Hall–Kier alpha value is 0.330. The van der Waals surface area contributed by atoms with Crippen molar-refractivity contribution in [2.75, 3.05) is 0 Å². The smallest absolute Gasteiger partial charge is 1.00 e. The van der Waals surface area contributed by atoms with Gasteiger partial charge in [-0.1, -0.05) is 0 Å². The first-order chi connectivity index (χ1) is 3.73. The van der Waals surface area contributed by atoms with E-state index in [4.69, 9.17) is 32.8 Å². The van der Waals surface area contributed by atoms with Gasteiger partial charge in [0.05, 0.1) is 0 Å². The molecular weight excluding hydrogens is 198 g/mol. The van der Waals surface area contributed by atoms with Gasteiger partial charge >= 0.3 is 48.1 Å². The zero-order valence-electron chi connectivity index (χ0n) is 6.54. The molecule has 0 unspecified atom stereocenters. The van der Waals surface area contributed by atoms with Crippen molar-refractivity contribution >= 4 is 48.1 Å². The van der Waals surface area contributed by atoms with Gasteiger partial charge in [-0.15, -0.1) is 10.1 Å². The predicted octanol–water partition coefficient (Wildman–Crippen LogP) is -1.16. The number of rotatable bonds is 0. The van der Waals surface area contributed by atoms with Crippen molar-refractivity contribution < 1.29 is 30.7 Å². The summed E-state index contributed by atoms with van der Waals surface area (Å²) in [6.07, 6.45) is 0. The normalized spacial score (nSPS) is 8.20. The van der Waals surface area contributed by atoms with Crippen LogP contribution in [0, 0.1) is 10.1 Å². The maximum Gasteiger partial charge on any atom is 2.00 e. The Labute approximate surface area is 88.5 Å². The molecule has 10 heavy (non-hydrogen) atoms. The minimum atomic E-state index is -4.67. The van der Waals surface area contributed by atoms with E-state index in [-0.39, 0.29) is 40.6 Å². The standard InChI is InChI=1S/Ca.HNO3.H2O4S.2H/c;2-1(3)4;1-5(2,3)4;;/h;(H,2,3,4);(H2,1,2,3,4);;/q+2;;;2*-1. The van der Waals surface area contributed by atoms with Crippen molar-refractivity contribution in [3.05, 3.63) is 10.1 Å². The molecule has 0 saturated carbocycles. The van der Waals surface area contributed by atoms with E-state index < -0.39 is 15.5 Å². The fourth-order valence-electron chi connectivity index (χ4n) is 0. The molecule has 0 bridgehead atoms. The molecule has 0 aliphatic rings. The van der Waals surface area contributed by atoms with Gasteiger partial charge in [-0.2, -0.15) is 8.42 Å². The fourth-order valence-corrected chi connectivity index (χ4v) is 0. The van der Waals surface area contributed by atoms with Crippen LogP contribution in [0.4, 0.5) is 0 Å². The maximum absolute atomic E-state index is 8.74. The van der Waals surface area contributed by atoms with Gasteiger partial charge in [0.15, 0.2) is 0 Å². The van der Waals surface area contributed by atoms with Crippen LogP contribution in [0.15, 0.2) is 0 Å². The Morgan fingerprint density at radius 3 is 1.40 bits per heavy atom. The van der Waals surface area contributed by atoms with Gasteiger partial charge in [0.2, 0.25) is 0 Å². The molecule has 60 valence electrons. The third-order valence-corrected chi connectivity index (χ3v) is 0. The number of hydrogen-bond acceptors (Lipinski definition) is 4. The van der Waals surface area contributed by atoms with Crippen LogP contribution < -0.4 is 0 Å². The van der Waals surface area contributed by atoms with Gasteiger partial charge in [-0.3, -0.25) is 9.11 Å². The van der Waals surface area contributed by atoms with Crippen LogP contribution in [0.3, 0.4) is 0 Å². The monoisotopic (exact) mass is 203 g/mol. The SMILES string of the molecule is O=S(=O)(O)O.O=[N+]([O-])O.[Ca+2].[H-].[H-]. The van der Waals surface area contributed by atoms with Gasteiger partial charge in [0.25, 0.3) is 5.09 Å². The first-order valence-electron chi connectivity index (χ1n) is 1.26. The van der Waals surface area contributed by atoms with E-state index in [2.05, 4.69) is 0 Å². The van der Waals surface area contributed by atoms with Crippen LogP contribution in [0.25, 0.3) is 0 Å². The van der Waals surface area contributed by atoms with E-state index in [1.54, 1.807) is 0 Å². The zero-order chi connectivity index (χ0) is 8.08. The summed E-state index contributed by atoms with van der Waals surface area (Å²) in [7, 11) is -4.67. The second-order valence-electron chi connectivity index (χ2n) is 0.686. The Morgan fingerprint density at radius 2 is 1.40 bits per heavy atom. The minimum absolute atomic E-state index is 0. The van der Waals surface area contributed by atoms with Crippen molar-refractivity contribution in [2.24, 2.45) is 0 Å². The Morgan fingerprint density at radius 1 is 1.40 bits per heavy atom. The summed E-state index contributed by atoms with van der Waals surface area (Å²) in [6.45, 7) is 0. The van der Waals surface area contributed by atoms with E-state index in [1.807, 2.05) is 0 Å². The molecule has 0 fully saturated rings. The molecular formula is H5CaNO7S. The molecule has 8 nitrogen and oxygen atoms in total. The zero-order valence-corrected chi connectivity index (χ0v) is 7.56. The van der Waals surface area contributed by atoms with Crippen molar-refractivity contribution in [2.45, 2.75) is 0 Å². The maximum atomic E-state index is 8.74. The van der Waals surface area contributed by atoms with Crippen LogP contribution in [0.5, 0.6) is 0 Å². The molecule has 0 radical (unpaired) electrons. The topological polar surface area (TPSA) is 138 Å². The Bertz CT molecular complexity index is 164. The summed E-state index contributed by atoms with van der Waals surface area (Å²) in [5, 5.41) is 13.6. The van der Waals surface area contributed by atoms with Crippen molar-refractivity contribution in [3.63, 3.8) is 0 Å². The first kappa shape index (κ1) is 16.7. The second kappa shape index (κ2) is 7.44. The predicted molar refractivity (Wildman–Crippen MR) is 30.9 cm³/mol. The third kappa shape index (κ3) is 4120. The van der Waals surface area contributed by atoms with Crippen LogP contribution in [0.2, 0.25) is 0 Å². The van der Waals surface area contributed by atoms with Crippen LogP contribution in [-0.4, -0.2) is 65.6 Å². The summed E-state index contributed by atoms with van der Waals surface area (Å²) >= 11 is 0. The number of hydrogen-bond donors (Lipinski definition) is 3. The summed E-state index contributed by atoms with van der Waals surface area (Å²) in [4.78, 5) is 8.36. The third-order valence-electron chi connectivity index (χ3n) is 0. The molecule has 3 N–H and O–H groups in total. The van der Waals surface area contributed by atoms with E-state index in [9.17, 15) is 0 Å². The first-order valence-corrected chi connectivity index (χ1v) is 2.66. The fraction of sp³-hybridized carbons (Fsp3) is 0. The summed E-state index contributed by atoms with van der Waals surface area (Å²) in [5.41, 5.74) is 0.